The maximum absolute atomic E-state index is 12.5. The minimum atomic E-state index is 0.108. The molecule has 8 heteroatoms. The second-order valence-corrected chi connectivity index (χ2v) is 7.90. The molecule has 1 fully saturated rings. The molecule has 1 aliphatic rings. The lowest BCUT2D eigenvalue weighted by Crippen LogP contribution is -2.43. The van der Waals surface area contributed by atoms with Gasteiger partial charge in [-0.3, -0.25) is 4.79 Å². The molecule has 0 unspecified atom stereocenters. The first kappa shape index (κ1) is 19.5. The molecule has 0 bridgehead atoms. The predicted molar refractivity (Wildman–Crippen MR) is 103 cm³/mol. The fraction of sp³-hybridized carbons (Fsp3) is 0.526. The Hall–Kier alpha value is -2.22. The molecule has 3 rings (SSSR count). The SMILES string of the molecule is COc1ccc(OC)c(-c2nnc(SCC(=O)N3C[C@@H](C)C[C@H](C)C3)o2)c1. The summed E-state index contributed by atoms with van der Waals surface area (Å²) in [6, 6.07) is 5.36. The summed E-state index contributed by atoms with van der Waals surface area (Å²) in [5, 5.41) is 8.50. The maximum Gasteiger partial charge on any atom is 0.277 e. The molecule has 0 aliphatic carbocycles. The van der Waals surface area contributed by atoms with E-state index in [0.717, 1.165) is 13.1 Å². The number of carbonyl (C=O) groups excluding carboxylic acids is 1. The van der Waals surface area contributed by atoms with Crippen LogP contribution in [0.15, 0.2) is 27.8 Å². The molecule has 0 radical (unpaired) electrons. The number of piperidine rings is 1. The molecule has 1 aliphatic heterocycles. The summed E-state index contributed by atoms with van der Waals surface area (Å²) < 4.78 is 16.3. The first-order valence-electron chi connectivity index (χ1n) is 8.96. The van der Waals surface area contributed by atoms with Gasteiger partial charge in [-0.25, -0.2) is 0 Å². The quantitative estimate of drug-likeness (QED) is 0.699. The number of carbonyl (C=O) groups is 1. The van der Waals surface area contributed by atoms with Crippen molar-refractivity contribution >= 4 is 17.7 Å². The summed E-state index contributed by atoms with van der Waals surface area (Å²) >= 11 is 1.26. The van der Waals surface area contributed by atoms with Crippen LogP contribution < -0.4 is 9.47 Å². The van der Waals surface area contributed by atoms with E-state index >= 15 is 0 Å². The third-order valence-electron chi connectivity index (χ3n) is 4.58. The van der Waals surface area contributed by atoms with Crippen molar-refractivity contribution in [1.29, 1.82) is 0 Å². The van der Waals surface area contributed by atoms with Gasteiger partial charge in [0.05, 0.1) is 25.5 Å². The first-order valence-corrected chi connectivity index (χ1v) is 9.95. The van der Waals surface area contributed by atoms with E-state index in [1.807, 2.05) is 4.90 Å². The van der Waals surface area contributed by atoms with E-state index in [0.29, 0.717) is 40.0 Å². The Morgan fingerprint density at radius 2 is 1.96 bits per heavy atom. The van der Waals surface area contributed by atoms with Crippen molar-refractivity contribution < 1.29 is 18.7 Å². The molecule has 0 spiro atoms. The molecule has 1 amide bonds. The molecule has 7 nitrogen and oxygen atoms in total. The van der Waals surface area contributed by atoms with Crippen LogP contribution in [-0.4, -0.2) is 54.1 Å². The smallest absolute Gasteiger partial charge is 0.277 e. The van der Waals surface area contributed by atoms with Crippen LogP contribution in [0, 0.1) is 11.8 Å². The molecule has 0 saturated carbocycles. The summed E-state index contributed by atoms with van der Waals surface area (Å²) in [5.74, 6) is 3.09. The second-order valence-electron chi connectivity index (χ2n) is 6.97. The van der Waals surface area contributed by atoms with Crippen molar-refractivity contribution in [1.82, 2.24) is 15.1 Å². The molecule has 2 aromatic rings. The standard InChI is InChI=1S/C19H25N3O4S/c1-12-7-13(2)10-22(9-12)17(23)11-27-19-21-20-18(26-19)15-8-14(24-3)5-6-16(15)25-4/h5-6,8,12-13H,7,9-11H2,1-4H3/t12-,13-/m0/s1. The number of thioether (sulfide) groups is 1. The number of nitrogens with zero attached hydrogens (tertiary/aromatic N) is 3. The molecule has 2 heterocycles. The lowest BCUT2D eigenvalue weighted by atomic mass is 9.92. The van der Waals surface area contributed by atoms with Crippen LogP contribution in [0.4, 0.5) is 0 Å². The van der Waals surface area contributed by atoms with Crippen LogP contribution in [0.2, 0.25) is 0 Å². The highest BCUT2D eigenvalue weighted by Gasteiger charge is 2.25. The molecular formula is C19H25N3O4S. The Morgan fingerprint density at radius 1 is 1.22 bits per heavy atom. The Morgan fingerprint density at radius 3 is 2.63 bits per heavy atom. The van der Waals surface area contributed by atoms with Gasteiger partial charge in [-0.1, -0.05) is 25.6 Å². The Kier molecular flexibility index (Phi) is 6.26. The van der Waals surface area contributed by atoms with Gasteiger partial charge in [-0.05, 0) is 36.5 Å². The van der Waals surface area contributed by atoms with Crippen LogP contribution in [0.3, 0.4) is 0 Å². The van der Waals surface area contributed by atoms with Crippen molar-refractivity contribution in [3.8, 4) is 23.0 Å². The fourth-order valence-corrected chi connectivity index (χ4v) is 4.11. The van der Waals surface area contributed by atoms with Crippen LogP contribution >= 0.6 is 11.8 Å². The highest BCUT2D eigenvalue weighted by atomic mass is 32.2. The zero-order valence-electron chi connectivity index (χ0n) is 16.1. The average molecular weight is 391 g/mol. The molecule has 0 N–H and O–H groups in total. The number of likely N-dealkylation sites (tertiary alicyclic amines) is 1. The number of hydrogen-bond acceptors (Lipinski definition) is 7. The van der Waals surface area contributed by atoms with E-state index < -0.39 is 0 Å². The van der Waals surface area contributed by atoms with E-state index in [4.69, 9.17) is 13.9 Å². The molecule has 146 valence electrons. The number of aromatic nitrogens is 2. The summed E-state index contributed by atoms with van der Waals surface area (Å²) in [5.41, 5.74) is 0.654. The van der Waals surface area contributed by atoms with Crippen molar-refractivity contribution in [2.45, 2.75) is 25.5 Å². The minimum Gasteiger partial charge on any atom is -0.497 e. The molecular weight excluding hydrogens is 366 g/mol. The van der Waals surface area contributed by atoms with E-state index in [1.54, 1.807) is 32.4 Å². The van der Waals surface area contributed by atoms with Crippen molar-refractivity contribution in [2.75, 3.05) is 33.1 Å². The van der Waals surface area contributed by atoms with Crippen molar-refractivity contribution in [2.24, 2.45) is 11.8 Å². The highest BCUT2D eigenvalue weighted by Crippen LogP contribution is 2.34. The molecule has 1 aromatic heterocycles. The zero-order chi connectivity index (χ0) is 19.4. The third-order valence-corrected chi connectivity index (χ3v) is 5.39. The van der Waals surface area contributed by atoms with E-state index in [9.17, 15) is 4.79 Å². The highest BCUT2D eigenvalue weighted by molar-refractivity contribution is 7.99. The van der Waals surface area contributed by atoms with Crippen LogP contribution in [0.25, 0.3) is 11.5 Å². The zero-order valence-corrected chi connectivity index (χ0v) is 16.9. The maximum atomic E-state index is 12.5. The number of ether oxygens (including phenoxy) is 2. The normalized spacial score (nSPS) is 19.8. The number of amides is 1. The largest absolute Gasteiger partial charge is 0.497 e. The van der Waals surface area contributed by atoms with Gasteiger partial charge in [-0.2, -0.15) is 0 Å². The fourth-order valence-electron chi connectivity index (χ4n) is 3.44. The van der Waals surface area contributed by atoms with Gasteiger partial charge in [0.1, 0.15) is 11.5 Å². The lowest BCUT2D eigenvalue weighted by Gasteiger charge is -2.34. The topological polar surface area (TPSA) is 77.7 Å². The number of rotatable bonds is 6. The van der Waals surface area contributed by atoms with Crippen LogP contribution in [0.5, 0.6) is 11.5 Å². The van der Waals surface area contributed by atoms with Gasteiger partial charge in [-0.15, -0.1) is 10.2 Å². The molecule has 1 aromatic carbocycles. The van der Waals surface area contributed by atoms with Gasteiger partial charge in [0, 0.05) is 13.1 Å². The summed E-state index contributed by atoms with van der Waals surface area (Å²) in [6.07, 6.45) is 1.17. The van der Waals surface area contributed by atoms with E-state index in [1.165, 1.54) is 18.2 Å². The monoisotopic (exact) mass is 391 g/mol. The Bertz CT molecular complexity index is 785. The molecule has 2 atom stereocenters. The summed E-state index contributed by atoms with van der Waals surface area (Å²) in [4.78, 5) is 14.4. The Balaban J connectivity index is 1.65. The van der Waals surface area contributed by atoms with Gasteiger partial charge >= 0.3 is 0 Å². The van der Waals surface area contributed by atoms with Gasteiger partial charge < -0.3 is 18.8 Å². The van der Waals surface area contributed by atoms with Gasteiger partial charge in [0.15, 0.2) is 0 Å². The van der Waals surface area contributed by atoms with Crippen LogP contribution in [-0.2, 0) is 4.79 Å². The summed E-state index contributed by atoms with van der Waals surface area (Å²) in [6.45, 7) is 6.02. The number of hydrogen-bond donors (Lipinski definition) is 0. The molecule has 27 heavy (non-hydrogen) atoms. The average Bonchev–Trinajstić information content (AvgIpc) is 3.13. The van der Waals surface area contributed by atoms with Crippen LogP contribution in [0.1, 0.15) is 20.3 Å². The molecule has 1 saturated heterocycles. The van der Waals surface area contributed by atoms with Crippen molar-refractivity contribution in [3.05, 3.63) is 18.2 Å². The minimum absolute atomic E-state index is 0.108. The van der Waals surface area contributed by atoms with Gasteiger partial charge in [0.2, 0.25) is 5.91 Å². The Labute approximate surface area is 163 Å². The van der Waals surface area contributed by atoms with E-state index in [-0.39, 0.29) is 11.7 Å². The number of methoxy groups -OCH3 is 2. The second kappa shape index (κ2) is 8.65. The first-order chi connectivity index (χ1) is 13.0. The predicted octanol–water partition coefficient (Wildman–Crippen LogP) is 3.35. The van der Waals surface area contributed by atoms with Gasteiger partial charge in [0.25, 0.3) is 11.1 Å². The number of benzene rings is 1. The third kappa shape index (κ3) is 4.74. The lowest BCUT2D eigenvalue weighted by molar-refractivity contribution is -0.130. The summed E-state index contributed by atoms with van der Waals surface area (Å²) in [7, 11) is 3.17. The van der Waals surface area contributed by atoms with Crippen molar-refractivity contribution in [3.63, 3.8) is 0 Å². The van der Waals surface area contributed by atoms with E-state index in [2.05, 4.69) is 24.0 Å².